The Morgan fingerprint density at radius 2 is 1.27 bits per heavy atom. The quantitative estimate of drug-likeness (QED) is 0.356. The van der Waals surface area contributed by atoms with Crippen molar-refractivity contribution in [2.24, 2.45) is 23.7 Å². The lowest BCUT2D eigenvalue weighted by atomic mass is 9.69. The van der Waals surface area contributed by atoms with Gasteiger partial charge in [0.25, 0.3) is 0 Å². The minimum Gasteiger partial charge on any atom is -0.490 e. The van der Waals surface area contributed by atoms with Crippen molar-refractivity contribution in [2.75, 3.05) is 13.2 Å². The van der Waals surface area contributed by atoms with Crippen LogP contribution in [0.1, 0.15) is 90.9 Å². The maximum Gasteiger partial charge on any atom is 0.204 e. The standard InChI is InChI=1S/C26H40F2O2/c1-3-5-17-29-23-15-16-24(26(28)25(23)27)30-18-20-9-13-22(14-10-20)21-11-7-19(6-4-2)8-12-21/h15-16,19-22H,3-14,17-18H2,1-2H3/t19-,20?,21-,22?. The van der Waals surface area contributed by atoms with Crippen LogP contribution in [0.3, 0.4) is 0 Å². The SMILES string of the molecule is CCCCOc1ccc(OCC2CCC([C@H]3CC[C@H](CCC)CC3)CC2)c(F)c1F. The summed E-state index contributed by atoms with van der Waals surface area (Å²) >= 11 is 0. The van der Waals surface area contributed by atoms with E-state index in [0.717, 1.165) is 43.4 Å². The van der Waals surface area contributed by atoms with Crippen molar-refractivity contribution in [1.29, 1.82) is 0 Å². The Kier molecular flexibility index (Phi) is 9.27. The van der Waals surface area contributed by atoms with Crippen molar-refractivity contribution in [2.45, 2.75) is 90.9 Å². The average Bonchev–Trinajstić information content (AvgIpc) is 2.77. The number of benzene rings is 1. The molecule has 0 radical (unpaired) electrons. The molecule has 2 saturated carbocycles. The molecule has 0 heterocycles. The van der Waals surface area contributed by atoms with Crippen molar-refractivity contribution < 1.29 is 18.3 Å². The van der Waals surface area contributed by atoms with E-state index in [0.29, 0.717) is 19.1 Å². The van der Waals surface area contributed by atoms with Crippen molar-refractivity contribution in [3.8, 4) is 11.5 Å². The van der Waals surface area contributed by atoms with E-state index in [2.05, 4.69) is 6.92 Å². The fourth-order valence-corrected chi connectivity index (χ4v) is 5.45. The molecule has 0 unspecified atom stereocenters. The highest BCUT2D eigenvalue weighted by Gasteiger charge is 2.31. The normalized spacial score (nSPS) is 27.1. The Balaban J connectivity index is 1.41. The summed E-state index contributed by atoms with van der Waals surface area (Å²) in [6.45, 7) is 5.20. The molecule has 0 amide bonds. The largest absolute Gasteiger partial charge is 0.490 e. The van der Waals surface area contributed by atoms with Gasteiger partial charge in [-0.15, -0.1) is 0 Å². The predicted octanol–water partition coefficient (Wildman–Crippen LogP) is 7.94. The van der Waals surface area contributed by atoms with Crippen LogP contribution in [0.4, 0.5) is 8.78 Å². The molecule has 3 rings (SSSR count). The first-order valence-corrected chi connectivity index (χ1v) is 12.4. The molecule has 2 aliphatic rings. The van der Waals surface area contributed by atoms with Gasteiger partial charge in [-0.1, -0.05) is 46.0 Å². The van der Waals surface area contributed by atoms with Gasteiger partial charge in [-0.25, -0.2) is 0 Å². The summed E-state index contributed by atoms with van der Waals surface area (Å²) in [7, 11) is 0. The van der Waals surface area contributed by atoms with Gasteiger partial charge in [-0.05, 0) is 80.8 Å². The van der Waals surface area contributed by atoms with Gasteiger partial charge < -0.3 is 9.47 Å². The number of hydrogen-bond acceptors (Lipinski definition) is 2. The van der Waals surface area contributed by atoms with E-state index in [1.165, 1.54) is 63.5 Å². The van der Waals surface area contributed by atoms with Gasteiger partial charge in [-0.3, -0.25) is 0 Å². The molecule has 1 aromatic carbocycles. The number of ether oxygens (including phenoxy) is 2. The van der Waals surface area contributed by atoms with Gasteiger partial charge in [0.2, 0.25) is 11.6 Å². The van der Waals surface area contributed by atoms with Gasteiger partial charge in [0.05, 0.1) is 13.2 Å². The third-order valence-corrected chi connectivity index (χ3v) is 7.39. The maximum absolute atomic E-state index is 14.3. The van der Waals surface area contributed by atoms with E-state index in [-0.39, 0.29) is 11.5 Å². The molecule has 0 aromatic heterocycles. The summed E-state index contributed by atoms with van der Waals surface area (Å²) < 4.78 is 39.6. The zero-order valence-corrected chi connectivity index (χ0v) is 18.9. The monoisotopic (exact) mass is 422 g/mol. The van der Waals surface area contributed by atoms with Crippen molar-refractivity contribution in [3.05, 3.63) is 23.8 Å². The minimum absolute atomic E-state index is 0.00621. The number of hydrogen-bond donors (Lipinski definition) is 0. The van der Waals surface area contributed by atoms with E-state index in [4.69, 9.17) is 9.47 Å². The summed E-state index contributed by atoms with van der Waals surface area (Å²) in [6.07, 6.45) is 15.0. The Bertz CT molecular complexity index is 632. The van der Waals surface area contributed by atoms with Gasteiger partial charge in [0.1, 0.15) is 0 Å². The van der Waals surface area contributed by atoms with Crippen LogP contribution in [0.25, 0.3) is 0 Å². The van der Waals surface area contributed by atoms with Gasteiger partial charge in [0, 0.05) is 0 Å². The average molecular weight is 423 g/mol. The lowest BCUT2D eigenvalue weighted by Crippen LogP contribution is -2.27. The first kappa shape index (κ1) is 23.3. The molecule has 0 aliphatic heterocycles. The molecule has 2 aliphatic carbocycles. The van der Waals surface area contributed by atoms with E-state index in [1.807, 2.05) is 6.92 Å². The van der Waals surface area contributed by atoms with Crippen LogP contribution in [-0.2, 0) is 0 Å². The highest BCUT2D eigenvalue weighted by Crippen LogP contribution is 2.42. The summed E-state index contributed by atoms with van der Waals surface area (Å²) in [5.41, 5.74) is 0. The molecule has 1 aromatic rings. The molecule has 2 nitrogen and oxygen atoms in total. The Hall–Kier alpha value is -1.32. The van der Waals surface area contributed by atoms with Gasteiger partial charge >= 0.3 is 0 Å². The smallest absolute Gasteiger partial charge is 0.204 e. The lowest BCUT2D eigenvalue weighted by molar-refractivity contribution is 0.120. The number of rotatable bonds is 10. The summed E-state index contributed by atoms with van der Waals surface area (Å²) in [5, 5.41) is 0. The Morgan fingerprint density at radius 3 is 1.80 bits per heavy atom. The van der Waals surface area contributed by atoms with Crippen molar-refractivity contribution >= 4 is 0 Å². The summed E-state index contributed by atoms with van der Waals surface area (Å²) in [4.78, 5) is 0. The van der Waals surface area contributed by atoms with E-state index in [9.17, 15) is 8.78 Å². The van der Waals surface area contributed by atoms with Gasteiger partial charge in [0.15, 0.2) is 11.5 Å². The molecule has 0 atom stereocenters. The van der Waals surface area contributed by atoms with E-state index >= 15 is 0 Å². The van der Waals surface area contributed by atoms with Crippen molar-refractivity contribution in [3.63, 3.8) is 0 Å². The summed E-state index contributed by atoms with van der Waals surface area (Å²) in [6, 6.07) is 2.98. The molecule has 0 N–H and O–H groups in total. The van der Waals surface area contributed by atoms with Crippen LogP contribution < -0.4 is 9.47 Å². The zero-order chi connectivity index (χ0) is 21.3. The fourth-order valence-electron chi connectivity index (χ4n) is 5.45. The van der Waals surface area contributed by atoms with E-state index in [1.54, 1.807) is 0 Å². The topological polar surface area (TPSA) is 18.5 Å². The third kappa shape index (κ3) is 6.34. The molecule has 0 spiro atoms. The minimum atomic E-state index is -0.939. The zero-order valence-electron chi connectivity index (χ0n) is 18.9. The van der Waals surface area contributed by atoms with E-state index < -0.39 is 11.6 Å². The molecular weight excluding hydrogens is 382 g/mol. The highest BCUT2D eigenvalue weighted by molar-refractivity contribution is 5.35. The molecule has 0 bridgehead atoms. The van der Waals surface area contributed by atoms with Crippen LogP contribution in [0.15, 0.2) is 12.1 Å². The molecule has 30 heavy (non-hydrogen) atoms. The second kappa shape index (κ2) is 11.9. The third-order valence-electron chi connectivity index (χ3n) is 7.39. The van der Waals surface area contributed by atoms with Crippen LogP contribution in [0, 0.1) is 35.3 Å². The summed E-state index contributed by atoms with van der Waals surface area (Å²) in [5.74, 6) is 1.29. The molecule has 170 valence electrons. The molecule has 4 heteroatoms. The maximum atomic E-state index is 14.3. The van der Waals surface area contributed by atoms with Crippen LogP contribution in [-0.4, -0.2) is 13.2 Å². The second-order valence-electron chi connectivity index (χ2n) is 9.55. The number of unbranched alkanes of at least 4 members (excludes halogenated alkanes) is 1. The first-order chi connectivity index (χ1) is 14.6. The first-order valence-electron chi connectivity index (χ1n) is 12.4. The highest BCUT2D eigenvalue weighted by atomic mass is 19.2. The lowest BCUT2D eigenvalue weighted by Gasteiger charge is -2.37. The fraction of sp³-hybridized carbons (Fsp3) is 0.769. The number of halogens is 2. The van der Waals surface area contributed by atoms with Crippen molar-refractivity contribution in [1.82, 2.24) is 0 Å². The van der Waals surface area contributed by atoms with Crippen LogP contribution in [0.2, 0.25) is 0 Å². The van der Waals surface area contributed by atoms with Crippen LogP contribution in [0.5, 0.6) is 11.5 Å². The molecular formula is C26H40F2O2. The predicted molar refractivity (Wildman–Crippen MR) is 118 cm³/mol. The molecule has 2 fully saturated rings. The van der Waals surface area contributed by atoms with Gasteiger partial charge in [-0.2, -0.15) is 8.78 Å². The second-order valence-corrected chi connectivity index (χ2v) is 9.55. The Labute approximate surface area is 181 Å². The molecule has 0 saturated heterocycles. The van der Waals surface area contributed by atoms with Crippen LogP contribution >= 0.6 is 0 Å². The Morgan fingerprint density at radius 1 is 0.733 bits per heavy atom.